The first-order chi connectivity index (χ1) is 13.2. The highest BCUT2D eigenvalue weighted by Gasteiger charge is 2.25. The molecule has 0 spiro atoms. The lowest BCUT2D eigenvalue weighted by Gasteiger charge is -2.31. The van der Waals surface area contributed by atoms with Gasteiger partial charge in [-0.15, -0.1) is 11.3 Å². The van der Waals surface area contributed by atoms with E-state index < -0.39 is 0 Å². The molecule has 0 unspecified atom stereocenters. The summed E-state index contributed by atoms with van der Waals surface area (Å²) < 4.78 is 1.26. The summed E-state index contributed by atoms with van der Waals surface area (Å²) in [5.74, 6) is 1.15. The van der Waals surface area contributed by atoms with E-state index in [-0.39, 0.29) is 5.91 Å². The van der Waals surface area contributed by atoms with Gasteiger partial charge >= 0.3 is 0 Å². The van der Waals surface area contributed by atoms with E-state index in [4.69, 9.17) is 4.98 Å². The highest BCUT2D eigenvalue weighted by Crippen LogP contribution is 2.20. The molecule has 4 nitrogen and oxygen atoms in total. The van der Waals surface area contributed by atoms with Crippen LogP contribution in [0.4, 0.5) is 0 Å². The molecule has 1 amide bonds. The molecule has 0 radical (unpaired) electrons. The summed E-state index contributed by atoms with van der Waals surface area (Å²) in [6.45, 7) is 4.53. The standard InChI is InChI=1S/C21H23N3OS2/c1-26-15-16-6-8-17(9-7-16)21(25)24-12-10-23(11-13-24)14-20-22-18-4-2-3-5-19(18)27-20/h2-9H,10-15H2,1H3/p+1. The third kappa shape index (κ3) is 4.34. The van der Waals surface area contributed by atoms with E-state index >= 15 is 0 Å². The van der Waals surface area contributed by atoms with Gasteiger partial charge in [0, 0.05) is 11.3 Å². The van der Waals surface area contributed by atoms with E-state index in [1.165, 1.54) is 20.2 Å². The Balaban J connectivity index is 1.33. The molecule has 27 heavy (non-hydrogen) atoms. The highest BCUT2D eigenvalue weighted by molar-refractivity contribution is 7.97. The van der Waals surface area contributed by atoms with Crippen molar-refractivity contribution in [2.45, 2.75) is 12.3 Å². The molecule has 2 aromatic carbocycles. The molecule has 0 bridgehead atoms. The quantitative estimate of drug-likeness (QED) is 0.718. The molecule has 2 heterocycles. The highest BCUT2D eigenvalue weighted by atomic mass is 32.2. The van der Waals surface area contributed by atoms with Gasteiger partial charge in [0.05, 0.1) is 36.4 Å². The van der Waals surface area contributed by atoms with Crippen molar-refractivity contribution in [2.24, 2.45) is 0 Å². The first-order valence-corrected chi connectivity index (χ1v) is 11.5. The van der Waals surface area contributed by atoms with Gasteiger partial charge in [-0.2, -0.15) is 11.8 Å². The van der Waals surface area contributed by atoms with Gasteiger partial charge in [0.15, 0.2) is 0 Å². The van der Waals surface area contributed by atoms with Crippen molar-refractivity contribution in [2.75, 3.05) is 32.4 Å². The van der Waals surface area contributed by atoms with Crippen molar-refractivity contribution in [1.29, 1.82) is 0 Å². The van der Waals surface area contributed by atoms with Crippen LogP contribution in [0.15, 0.2) is 48.5 Å². The minimum Gasteiger partial charge on any atom is -0.327 e. The molecule has 3 aromatic rings. The molecule has 1 N–H and O–H groups in total. The maximum Gasteiger partial charge on any atom is 0.254 e. The normalized spacial score (nSPS) is 15.4. The number of para-hydroxylation sites is 1. The smallest absolute Gasteiger partial charge is 0.254 e. The number of hydrogen-bond donors (Lipinski definition) is 1. The number of quaternary nitrogens is 1. The van der Waals surface area contributed by atoms with Crippen LogP contribution >= 0.6 is 23.1 Å². The summed E-state index contributed by atoms with van der Waals surface area (Å²) >= 11 is 3.58. The number of amides is 1. The lowest BCUT2D eigenvalue weighted by Crippen LogP contribution is -3.13. The molecular weight excluding hydrogens is 374 g/mol. The number of piperazine rings is 1. The van der Waals surface area contributed by atoms with Crippen LogP contribution < -0.4 is 4.90 Å². The van der Waals surface area contributed by atoms with E-state index in [1.54, 1.807) is 23.1 Å². The number of carbonyl (C=O) groups is 1. The molecule has 1 saturated heterocycles. The zero-order valence-corrected chi connectivity index (χ0v) is 17.1. The Hall–Kier alpha value is -1.89. The second-order valence-electron chi connectivity index (χ2n) is 6.92. The first-order valence-electron chi connectivity index (χ1n) is 9.28. The number of fused-ring (bicyclic) bond motifs is 1. The van der Waals surface area contributed by atoms with E-state index in [0.717, 1.165) is 49.6 Å². The van der Waals surface area contributed by atoms with Gasteiger partial charge in [-0.05, 0) is 36.1 Å². The summed E-state index contributed by atoms with van der Waals surface area (Å²) in [5, 5.41) is 1.19. The Morgan fingerprint density at radius 1 is 1.15 bits per heavy atom. The van der Waals surface area contributed by atoms with Gasteiger partial charge in [0.1, 0.15) is 11.6 Å². The molecule has 0 saturated carbocycles. The van der Waals surface area contributed by atoms with Crippen LogP contribution in [-0.4, -0.2) is 48.2 Å². The minimum atomic E-state index is 0.157. The third-order valence-corrected chi connectivity index (χ3v) is 6.67. The Bertz CT molecular complexity index is 882. The number of rotatable bonds is 5. The zero-order chi connectivity index (χ0) is 18.6. The molecule has 140 valence electrons. The van der Waals surface area contributed by atoms with Crippen molar-refractivity contribution < 1.29 is 9.69 Å². The van der Waals surface area contributed by atoms with Crippen LogP contribution in [0.25, 0.3) is 10.2 Å². The predicted octanol–water partition coefficient (Wildman–Crippen LogP) is 2.70. The monoisotopic (exact) mass is 398 g/mol. The number of thioether (sulfide) groups is 1. The van der Waals surface area contributed by atoms with Crippen molar-refractivity contribution in [3.63, 3.8) is 0 Å². The minimum absolute atomic E-state index is 0.157. The lowest BCUT2D eigenvalue weighted by molar-refractivity contribution is -0.917. The summed E-state index contributed by atoms with van der Waals surface area (Å²) in [4.78, 5) is 21.0. The predicted molar refractivity (Wildman–Crippen MR) is 114 cm³/mol. The summed E-state index contributed by atoms with van der Waals surface area (Å²) in [5.41, 5.74) is 3.16. The van der Waals surface area contributed by atoms with Crippen LogP contribution in [0.2, 0.25) is 0 Å². The van der Waals surface area contributed by atoms with Crippen LogP contribution in [0.5, 0.6) is 0 Å². The molecule has 1 fully saturated rings. The van der Waals surface area contributed by atoms with Gasteiger partial charge in [0.2, 0.25) is 0 Å². The molecule has 1 aliphatic rings. The number of nitrogens with zero attached hydrogens (tertiary/aromatic N) is 2. The summed E-state index contributed by atoms with van der Waals surface area (Å²) in [6, 6.07) is 16.4. The van der Waals surface area contributed by atoms with Crippen molar-refractivity contribution in [3.05, 3.63) is 64.7 Å². The van der Waals surface area contributed by atoms with E-state index in [1.807, 2.05) is 23.1 Å². The van der Waals surface area contributed by atoms with Crippen LogP contribution in [0.1, 0.15) is 20.9 Å². The van der Waals surface area contributed by atoms with Gasteiger partial charge in [-0.1, -0.05) is 24.3 Å². The molecule has 0 atom stereocenters. The fourth-order valence-corrected chi connectivity index (χ4v) is 5.07. The van der Waals surface area contributed by atoms with E-state index in [9.17, 15) is 4.79 Å². The SMILES string of the molecule is CSCc1ccc(C(=O)N2CC[NH+](Cc3nc4ccccc4s3)CC2)cc1. The number of benzene rings is 2. The second kappa shape index (κ2) is 8.42. The van der Waals surface area contributed by atoms with Crippen molar-refractivity contribution >= 4 is 39.2 Å². The van der Waals surface area contributed by atoms with Crippen LogP contribution in [0, 0.1) is 0 Å². The van der Waals surface area contributed by atoms with Crippen LogP contribution in [-0.2, 0) is 12.3 Å². The molecular formula is C21H24N3OS2+. The number of carbonyl (C=O) groups excluding carboxylic acids is 1. The van der Waals surface area contributed by atoms with Gasteiger partial charge in [-0.25, -0.2) is 4.98 Å². The molecule has 6 heteroatoms. The summed E-state index contributed by atoms with van der Waals surface area (Å²) in [7, 11) is 0. The number of thiazole rings is 1. The van der Waals surface area contributed by atoms with E-state index in [2.05, 4.69) is 36.6 Å². The first kappa shape index (κ1) is 18.5. The van der Waals surface area contributed by atoms with Gasteiger partial charge in [-0.3, -0.25) is 4.79 Å². The van der Waals surface area contributed by atoms with Crippen molar-refractivity contribution in [3.8, 4) is 0 Å². The lowest BCUT2D eigenvalue weighted by atomic mass is 10.1. The Morgan fingerprint density at radius 3 is 2.59 bits per heavy atom. The number of hydrogen-bond acceptors (Lipinski definition) is 4. The Labute approximate surface area is 168 Å². The maximum absolute atomic E-state index is 12.8. The fourth-order valence-electron chi connectivity index (χ4n) is 3.51. The number of aromatic nitrogens is 1. The topological polar surface area (TPSA) is 37.6 Å². The molecule has 4 rings (SSSR count). The molecule has 0 aliphatic carbocycles. The van der Waals surface area contributed by atoms with Gasteiger partial charge in [0.25, 0.3) is 5.91 Å². The fraction of sp³-hybridized carbons (Fsp3) is 0.333. The largest absolute Gasteiger partial charge is 0.327 e. The van der Waals surface area contributed by atoms with Gasteiger partial charge < -0.3 is 9.80 Å². The van der Waals surface area contributed by atoms with E-state index in [0.29, 0.717) is 0 Å². The Kier molecular flexibility index (Phi) is 5.76. The van der Waals surface area contributed by atoms with Crippen molar-refractivity contribution in [1.82, 2.24) is 9.88 Å². The third-order valence-electron chi connectivity index (χ3n) is 5.01. The molecule has 1 aromatic heterocycles. The average molecular weight is 399 g/mol. The maximum atomic E-state index is 12.8. The second-order valence-corrected chi connectivity index (χ2v) is 8.91. The molecule has 1 aliphatic heterocycles. The number of nitrogens with one attached hydrogen (secondary N) is 1. The average Bonchev–Trinajstić information content (AvgIpc) is 3.11. The Morgan fingerprint density at radius 2 is 1.89 bits per heavy atom. The zero-order valence-electron chi connectivity index (χ0n) is 15.5. The van der Waals surface area contributed by atoms with Crippen LogP contribution in [0.3, 0.4) is 0 Å². The summed E-state index contributed by atoms with van der Waals surface area (Å²) in [6.07, 6.45) is 2.09.